The van der Waals surface area contributed by atoms with Gasteiger partial charge < -0.3 is 11.1 Å². The Hall–Kier alpha value is -2.20. The van der Waals surface area contributed by atoms with E-state index in [0.717, 1.165) is 5.56 Å². The van der Waals surface area contributed by atoms with Crippen LogP contribution in [0.1, 0.15) is 5.56 Å². The first-order chi connectivity index (χ1) is 9.95. The van der Waals surface area contributed by atoms with Gasteiger partial charge in [-0.05, 0) is 12.5 Å². The SMILES string of the molecule is Cc1ccc([N+](=O)[O-])cc1NC(=O)CSc1nnc(N)s1. The maximum atomic E-state index is 11.8. The summed E-state index contributed by atoms with van der Waals surface area (Å²) in [5.41, 5.74) is 6.54. The second-order valence-corrected chi connectivity index (χ2v) is 6.23. The van der Waals surface area contributed by atoms with E-state index in [-0.39, 0.29) is 17.3 Å². The first-order valence-corrected chi connectivity index (χ1v) is 7.52. The van der Waals surface area contributed by atoms with Gasteiger partial charge in [0.25, 0.3) is 5.69 Å². The van der Waals surface area contributed by atoms with Gasteiger partial charge in [0.05, 0.1) is 16.4 Å². The molecule has 0 unspecified atom stereocenters. The molecule has 110 valence electrons. The number of rotatable bonds is 5. The molecule has 2 rings (SSSR count). The monoisotopic (exact) mass is 325 g/mol. The highest BCUT2D eigenvalue weighted by atomic mass is 32.2. The third-order valence-electron chi connectivity index (χ3n) is 2.45. The molecule has 2 aromatic rings. The van der Waals surface area contributed by atoms with Crippen LogP contribution < -0.4 is 11.1 Å². The molecule has 0 spiro atoms. The van der Waals surface area contributed by atoms with Crippen molar-refractivity contribution in [1.82, 2.24) is 10.2 Å². The van der Waals surface area contributed by atoms with Gasteiger partial charge in [-0.25, -0.2) is 0 Å². The molecule has 0 fully saturated rings. The number of non-ortho nitro benzene ring substituents is 1. The highest BCUT2D eigenvalue weighted by Crippen LogP contribution is 2.25. The van der Waals surface area contributed by atoms with Crippen molar-refractivity contribution in [2.24, 2.45) is 0 Å². The van der Waals surface area contributed by atoms with E-state index in [1.54, 1.807) is 13.0 Å². The highest BCUT2D eigenvalue weighted by Gasteiger charge is 2.12. The van der Waals surface area contributed by atoms with Crippen LogP contribution in [-0.2, 0) is 4.79 Å². The van der Waals surface area contributed by atoms with E-state index in [1.165, 1.54) is 35.2 Å². The van der Waals surface area contributed by atoms with Crippen LogP contribution in [0.25, 0.3) is 0 Å². The zero-order valence-electron chi connectivity index (χ0n) is 10.9. The number of hydrogen-bond donors (Lipinski definition) is 2. The number of nitrogens with zero attached hydrogens (tertiary/aromatic N) is 3. The number of anilines is 2. The molecule has 10 heteroatoms. The van der Waals surface area contributed by atoms with Crippen LogP contribution >= 0.6 is 23.1 Å². The Balaban J connectivity index is 1.99. The lowest BCUT2D eigenvalue weighted by molar-refractivity contribution is -0.384. The summed E-state index contributed by atoms with van der Waals surface area (Å²) < 4.78 is 0.596. The normalized spacial score (nSPS) is 10.3. The number of aryl methyl sites for hydroxylation is 1. The number of amides is 1. The number of nitrogens with one attached hydrogen (secondary N) is 1. The third kappa shape index (κ3) is 4.13. The minimum Gasteiger partial charge on any atom is -0.374 e. The second kappa shape index (κ2) is 6.50. The first-order valence-electron chi connectivity index (χ1n) is 5.72. The summed E-state index contributed by atoms with van der Waals surface area (Å²) >= 11 is 2.40. The van der Waals surface area contributed by atoms with E-state index in [2.05, 4.69) is 15.5 Å². The fraction of sp³-hybridized carbons (Fsp3) is 0.182. The number of benzene rings is 1. The van der Waals surface area contributed by atoms with Gasteiger partial charge in [0, 0.05) is 12.1 Å². The molecule has 0 atom stereocenters. The summed E-state index contributed by atoms with van der Waals surface area (Å²) in [6.45, 7) is 1.76. The Morgan fingerprint density at radius 3 is 2.90 bits per heavy atom. The lowest BCUT2D eigenvalue weighted by Crippen LogP contribution is -2.15. The Morgan fingerprint density at radius 2 is 2.29 bits per heavy atom. The minimum absolute atomic E-state index is 0.0690. The molecule has 1 heterocycles. The van der Waals surface area contributed by atoms with Crippen LogP contribution in [0.2, 0.25) is 0 Å². The maximum Gasteiger partial charge on any atom is 0.271 e. The predicted molar refractivity (Wildman–Crippen MR) is 81.5 cm³/mol. The topological polar surface area (TPSA) is 124 Å². The molecule has 0 bridgehead atoms. The number of nitrogens with two attached hydrogens (primary N) is 1. The van der Waals surface area contributed by atoms with E-state index < -0.39 is 4.92 Å². The average Bonchev–Trinajstić information content (AvgIpc) is 2.84. The van der Waals surface area contributed by atoms with Gasteiger partial charge >= 0.3 is 0 Å². The van der Waals surface area contributed by atoms with Gasteiger partial charge in [-0.3, -0.25) is 14.9 Å². The van der Waals surface area contributed by atoms with Crippen molar-refractivity contribution in [2.75, 3.05) is 16.8 Å². The zero-order valence-corrected chi connectivity index (χ0v) is 12.5. The van der Waals surface area contributed by atoms with Crippen molar-refractivity contribution in [1.29, 1.82) is 0 Å². The summed E-state index contributed by atoms with van der Waals surface area (Å²) in [7, 11) is 0. The molecule has 8 nitrogen and oxygen atoms in total. The predicted octanol–water partition coefficient (Wildman–Crippen LogP) is 2.07. The molecular weight excluding hydrogens is 314 g/mol. The maximum absolute atomic E-state index is 11.8. The Morgan fingerprint density at radius 1 is 1.52 bits per heavy atom. The van der Waals surface area contributed by atoms with Crippen molar-refractivity contribution in [3.63, 3.8) is 0 Å². The molecular formula is C11H11N5O3S2. The molecule has 1 aromatic carbocycles. The zero-order chi connectivity index (χ0) is 15.4. The molecule has 0 saturated carbocycles. The van der Waals surface area contributed by atoms with Gasteiger partial charge in [0.1, 0.15) is 0 Å². The Kier molecular flexibility index (Phi) is 4.70. The van der Waals surface area contributed by atoms with Crippen LogP contribution in [0, 0.1) is 17.0 Å². The van der Waals surface area contributed by atoms with Crippen molar-refractivity contribution < 1.29 is 9.72 Å². The number of hydrogen-bond acceptors (Lipinski definition) is 8. The Bertz CT molecular complexity index is 688. The van der Waals surface area contributed by atoms with Crippen molar-refractivity contribution >= 4 is 45.5 Å². The quantitative estimate of drug-likeness (QED) is 0.490. The molecule has 0 aliphatic rings. The third-order valence-corrected chi connectivity index (χ3v) is 4.34. The van der Waals surface area contributed by atoms with Crippen molar-refractivity contribution in [3.05, 3.63) is 33.9 Å². The average molecular weight is 325 g/mol. The number of nitro groups is 1. The fourth-order valence-electron chi connectivity index (χ4n) is 1.45. The van der Waals surface area contributed by atoms with E-state index in [4.69, 9.17) is 5.73 Å². The summed E-state index contributed by atoms with van der Waals surface area (Å²) in [6, 6.07) is 4.32. The molecule has 0 saturated heterocycles. The first kappa shape index (κ1) is 15.2. The summed E-state index contributed by atoms with van der Waals surface area (Å²) in [4.78, 5) is 22.1. The van der Waals surface area contributed by atoms with E-state index in [9.17, 15) is 14.9 Å². The van der Waals surface area contributed by atoms with Crippen LogP contribution in [0.15, 0.2) is 22.5 Å². The van der Waals surface area contributed by atoms with Gasteiger partial charge in [-0.2, -0.15) is 0 Å². The summed E-state index contributed by atoms with van der Waals surface area (Å²) in [5, 5.41) is 21.1. The number of nitro benzene ring substituents is 1. The molecule has 0 radical (unpaired) electrons. The van der Waals surface area contributed by atoms with E-state index in [0.29, 0.717) is 15.2 Å². The number of carbonyl (C=O) groups is 1. The van der Waals surface area contributed by atoms with Gasteiger partial charge in [-0.15, -0.1) is 10.2 Å². The summed E-state index contributed by atoms with van der Waals surface area (Å²) in [5.74, 6) is -0.158. The smallest absolute Gasteiger partial charge is 0.271 e. The lowest BCUT2D eigenvalue weighted by atomic mass is 10.2. The molecule has 1 aromatic heterocycles. The second-order valence-electron chi connectivity index (χ2n) is 4.00. The number of aromatic nitrogens is 2. The number of nitrogen functional groups attached to an aromatic ring is 1. The van der Waals surface area contributed by atoms with Gasteiger partial charge in [0.2, 0.25) is 11.0 Å². The lowest BCUT2D eigenvalue weighted by Gasteiger charge is -2.07. The van der Waals surface area contributed by atoms with Crippen LogP contribution in [-0.4, -0.2) is 26.8 Å². The molecule has 3 N–H and O–H groups in total. The van der Waals surface area contributed by atoms with E-state index in [1.807, 2.05) is 0 Å². The molecule has 1 amide bonds. The fourth-order valence-corrected chi connectivity index (χ4v) is 2.89. The highest BCUT2D eigenvalue weighted by molar-refractivity contribution is 8.01. The summed E-state index contributed by atoms with van der Waals surface area (Å²) in [6.07, 6.45) is 0. The van der Waals surface area contributed by atoms with Crippen molar-refractivity contribution in [3.8, 4) is 0 Å². The molecule has 21 heavy (non-hydrogen) atoms. The molecule has 0 aliphatic carbocycles. The van der Waals surface area contributed by atoms with Crippen LogP contribution in [0.5, 0.6) is 0 Å². The Labute approximate surface area is 127 Å². The van der Waals surface area contributed by atoms with Gasteiger partial charge in [-0.1, -0.05) is 29.2 Å². The van der Waals surface area contributed by atoms with Crippen molar-refractivity contribution in [2.45, 2.75) is 11.3 Å². The van der Waals surface area contributed by atoms with Crippen LogP contribution in [0.4, 0.5) is 16.5 Å². The van der Waals surface area contributed by atoms with E-state index >= 15 is 0 Å². The van der Waals surface area contributed by atoms with Gasteiger partial charge in [0.15, 0.2) is 4.34 Å². The molecule has 0 aliphatic heterocycles. The van der Waals surface area contributed by atoms with Crippen LogP contribution in [0.3, 0.4) is 0 Å². The number of thioether (sulfide) groups is 1. The number of carbonyl (C=O) groups excluding carboxylic acids is 1. The standard InChI is InChI=1S/C11H11N5O3S2/c1-6-2-3-7(16(18)19)4-8(6)13-9(17)5-20-11-15-14-10(12)21-11/h2-4H,5H2,1H3,(H2,12,14)(H,13,17). The minimum atomic E-state index is -0.506. The largest absolute Gasteiger partial charge is 0.374 e.